The summed E-state index contributed by atoms with van der Waals surface area (Å²) in [7, 11) is 1.77. The van der Waals surface area contributed by atoms with Crippen LogP contribution in [-0.4, -0.2) is 50.2 Å². The Morgan fingerprint density at radius 3 is 2.68 bits per heavy atom. The third-order valence-corrected chi connectivity index (χ3v) is 4.72. The number of nitrogens with one attached hydrogen (secondary N) is 1. The summed E-state index contributed by atoms with van der Waals surface area (Å²) in [5.74, 6) is 0.385. The summed E-state index contributed by atoms with van der Waals surface area (Å²) in [4.78, 5) is 15.0. The molecule has 0 spiro atoms. The number of piperidine rings is 2. The van der Waals surface area contributed by atoms with Crippen molar-refractivity contribution in [3.63, 3.8) is 0 Å². The highest BCUT2D eigenvalue weighted by molar-refractivity contribution is 5.83. The average Bonchev–Trinajstić information content (AvgIpc) is 2.48. The van der Waals surface area contributed by atoms with Gasteiger partial charge in [-0.1, -0.05) is 13.3 Å². The van der Waals surface area contributed by atoms with Crippen LogP contribution in [0.15, 0.2) is 0 Å². The first-order chi connectivity index (χ1) is 9.22. The van der Waals surface area contributed by atoms with E-state index in [1.807, 2.05) is 0 Å². The standard InChI is InChI=1S/C15H28N2O2/c1-3-7-15(8-4-9-16-12-15)14(18)17-10-5-13(19-2)6-11-17/h13,16H,3-12H2,1-2H3. The molecule has 1 atom stereocenters. The van der Waals surface area contributed by atoms with Crippen molar-refractivity contribution in [1.82, 2.24) is 10.2 Å². The molecule has 0 bridgehead atoms. The van der Waals surface area contributed by atoms with Gasteiger partial charge in [0.05, 0.1) is 11.5 Å². The molecule has 2 saturated heterocycles. The van der Waals surface area contributed by atoms with Crippen molar-refractivity contribution < 1.29 is 9.53 Å². The minimum absolute atomic E-state index is 0.132. The molecule has 0 saturated carbocycles. The van der Waals surface area contributed by atoms with Crippen molar-refractivity contribution in [2.24, 2.45) is 5.41 Å². The molecular weight excluding hydrogens is 240 g/mol. The van der Waals surface area contributed by atoms with Gasteiger partial charge in [0.15, 0.2) is 0 Å². The number of methoxy groups -OCH3 is 1. The first kappa shape index (κ1) is 14.8. The van der Waals surface area contributed by atoms with E-state index in [1.165, 1.54) is 0 Å². The predicted octanol–water partition coefficient (Wildman–Crippen LogP) is 1.79. The highest BCUT2D eigenvalue weighted by atomic mass is 16.5. The van der Waals surface area contributed by atoms with Crippen LogP contribution < -0.4 is 5.32 Å². The zero-order valence-corrected chi connectivity index (χ0v) is 12.4. The van der Waals surface area contributed by atoms with Crippen LogP contribution in [0.25, 0.3) is 0 Å². The van der Waals surface area contributed by atoms with E-state index in [9.17, 15) is 4.79 Å². The van der Waals surface area contributed by atoms with Crippen LogP contribution in [0, 0.1) is 5.41 Å². The lowest BCUT2D eigenvalue weighted by atomic mass is 9.75. The summed E-state index contributed by atoms with van der Waals surface area (Å²) in [6.07, 6.45) is 6.59. The van der Waals surface area contributed by atoms with E-state index in [0.29, 0.717) is 12.0 Å². The van der Waals surface area contributed by atoms with Gasteiger partial charge in [-0.05, 0) is 38.6 Å². The van der Waals surface area contributed by atoms with Gasteiger partial charge in [0.1, 0.15) is 0 Å². The van der Waals surface area contributed by atoms with Gasteiger partial charge in [0, 0.05) is 26.7 Å². The Bertz CT molecular complexity index is 287. The molecule has 1 N–H and O–H groups in total. The second-order valence-electron chi connectivity index (χ2n) is 6.04. The molecule has 0 aromatic heterocycles. The second-order valence-corrected chi connectivity index (χ2v) is 6.04. The molecule has 2 aliphatic rings. The molecule has 0 aromatic rings. The average molecular weight is 268 g/mol. The number of hydrogen-bond donors (Lipinski definition) is 1. The minimum atomic E-state index is -0.132. The minimum Gasteiger partial charge on any atom is -0.381 e. The number of rotatable bonds is 4. The lowest BCUT2D eigenvalue weighted by Crippen LogP contribution is -2.54. The van der Waals surface area contributed by atoms with Crippen LogP contribution in [0.1, 0.15) is 45.4 Å². The summed E-state index contributed by atoms with van der Waals surface area (Å²) >= 11 is 0. The molecular formula is C15H28N2O2. The molecule has 4 nitrogen and oxygen atoms in total. The van der Waals surface area contributed by atoms with E-state index in [-0.39, 0.29) is 5.41 Å². The van der Waals surface area contributed by atoms with Gasteiger partial charge >= 0.3 is 0 Å². The van der Waals surface area contributed by atoms with E-state index in [4.69, 9.17) is 4.74 Å². The normalized spacial score (nSPS) is 29.5. The van der Waals surface area contributed by atoms with Gasteiger partial charge in [-0.2, -0.15) is 0 Å². The maximum atomic E-state index is 12.9. The van der Waals surface area contributed by atoms with Crippen LogP contribution in [-0.2, 0) is 9.53 Å². The van der Waals surface area contributed by atoms with Crippen molar-refractivity contribution in [1.29, 1.82) is 0 Å². The SMILES string of the molecule is CCCC1(C(=O)N2CCC(OC)CC2)CCCNC1. The molecule has 1 amide bonds. The molecule has 0 aromatic carbocycles. The van der Waals surface area contributed by atoms with Crippen molar-refractivity contribution >= 4 is 5.91 Å². The number of carbonyl (C=O) groups is 1. The Morgan fingerprint density at radius 2 is 2.16 bits per heavy atom. The monoisotopic (exact) mass is 268 g/mol. The van der Waals surface area contributed by atoms with Crippen LogP contribution >= 0.6 is 0 Å². The Hall–Kier alpha value is -0.610. The van der Waals surface area contributed by atoms with Crippen LogP contribution in [0.2, 0.25) is 0 Å². The van der Waals surface area contributed by atoms with Crippen molar-refractivity contribution in [3.05, 3.63) is 0 Å². The first-order valence-electron chi connectivity index (χ1n) is 7.75. The fourth-order valence-corrected chi connectivity index (χ4v) is 3.58. The van der Waals surface area contributed by atoms with E-state index in [2.05, 4.69) is 17.1 Å². The number of ether oxygens (including phenoxy) is 1. The number of amides is 1. The highest BCUT2D eigenvalue weighted by Crippen LogP contribution is 2.34. The largest absolute Gasteiger partial charge is 0.381 e. The fraction of sp³-hybridized carbons (Fsp3) is 0.933. The summed E-state index contributed by atoms with van der Waals surface area (Å²) in [5.41, 5.74) is -0.132. The summed E-state index contributed by atoms with van der Waals surface area (Å²) in [6, 6.07) is 0. The fourth-order valence-electron chi connectivity index (χ4n) is 3.58. The van der Waals surface area contributed by atoms with Crippen molar-refractivity contribution in [2.75, 3.05) is 33.3 Å². The Kier molecular flexibility index (Phi) is 5.22. The molecule has 1 unspecified atom stereocenters. The first-order valence-corrected chi connectivity index (χ1v) is 7.75. The van der Waals surface area contributed by atoms with Gasteiger partial charge in [-0.3, -0.25) is 4.79 Å². The van der Waals surface area contributed by atoms with Gasteiger partial charge < -0.3 is 15.0 Å². The van der Waals surface area contributed by atoms with Crippen LogP contribution in [0.5, 0.6) is 0 Å². The van der Waals surface area contributed by atoms with Gasteiger partial charge in [-0.25, -0.2) is 0 Å². The Morgan fingerprint density at radius 1 is 1.42 bits per heavy atom. The predicted molar refractivity (Wildman–Crippen MR) is 76.1 cm³/mol. The Balaban J connectivity index is 1.99. The summed E-state index contributed by atoms with van der Waals surface area (Å²) < 4.78 is 5.39. The maximum Gasteiger partial charge on any atom is 0.230 e. The topological polar surface area (TPSA) is 41.6 Å². The van der Waals surface area contributed by atoms with E-state index in [1.54, 1.807) is 7.11 Å². The molecule has 2 aliphatic heterocycles. The lowest BCUT2D eigenvalue weighted by molar-refractivity contribution is -0.146. The second kappa shape index (κ2) is 6.71. The summed E-state index contributed by atoms with van der Waals surface area (Å²) in [6.45, 7) is 5.83. The molecule has 0 aliphatic carbocycles. The smallest absolute Gasteiger partial charge is 0.230 e. The number of nitrogens with zero attached hydrogens (tertiary/aromatic N) is 1. The number of carbonyl (C=O) groups excluding carboxylic acids is 1. The van der Waals surface area contributed by atoms with E-state index < -0.39 is 0 Å². The molecule has 110 valence electrons. The lowest BCUT2D eigenvalue weighted by Gasteiger charge is -2.42. The Labute approximate surface area is 116 Å². The third kappa shape index (κ3) is 3.29. The van der Waals surface area contributed by atoms with Gasteiger partial charge in [-0.15, -0.1) is 0 Å². The zero-order valence-electron chi connectivity index (χ0n) is 12.4. The number of hydrogen-bond acceptors (Lipinski definition) is 3. The quantitative estimate of drug-likeness (QED) is 0.845. The van der Waals surface area contributed by atoms with Gasteiger partial charge in [0.25, 0.3) is 0 Å². The molecule has 0 radical (unpaired) electrons. The molecule has 2 heterocycles. The molecule has 4 heteroatoms. The van der Waals surface area contributed by atoms with E-state index >= 15 is 0 Å². The molecule has 2 fully saturated rings. The summed E-state index contributed by atoms with van der Waals surface area (Å²) in [5, 5.41) is 3.43. The van der Waals surface area contributed by atoms with E-state index in [0.717, 1.165) is 64.7 Å². The van der Waals surface area contributed by atoms with Crippen LogP contribution in [0.4, 0.5) is 0 Å². The molecule has 2 rings (SSSR count). The van der Waals surface area contributed by atoms with Crippen LogP contribution in [0.3, 0.4) is 0 Å². The highest BCUT2D eigenvalue weighted by Gasteiger charge is 2.41. The van der Waals surface area contributed by atoms with Crippen molar-refractivity contribution in [2.45, 2.75) is 51.6 Å². The zero-order chi connectivity index (χ0) is 13.7. The van der Waals surface area contributed by atoms with Crippen molar-refractivity contribution in [3.8, 4) is 0 Å². The molecule has 19 heavy (non-hydrogen) atoms. The third-order valence-electron chi connectivity index (χ3n) is 4.72. The number of likely N-dealkylation sites (tertiary alicyclic amines) is 1. The maximum absolute atomic E-state index is 12.9. The van der Waals surface area contributed by atoms with Gasteiger partial charge in [0.2, 0.25) is 5.91 Å².